The number of cyclic esters (lactones) is 1. The number of benzene rings is 1. The molecule has 1 aromatic carbocycles. The fourth-order valence-electron chi connectivity index (χ4n) is 3.10. The molecule has 1 fully saturated rings. The number of hydrazone groups is 1. The van der Waals surface area contributed by atoms with Crippen LogP contribution in [-0.2, 0) is 11.2 Å². The molecule has 2 aliphatic rings. The van der Waals surface area contributed by atoms with E-state index in [9.17, 15) is 4.79 Å². The molecule has 26 heavy (non-hydrogen) atoms. The van der Waals surface area contributed by atoms with E-state index in [1.54, 1.807) is 11.2 Å². The minimum absolute atomic E-state index is 0.136. The fourth-order valence-corrected chi connectivity index (χ4v) is 3.10. The molecular weight excluding hydrogens is 334 g/mol. The summed E-state index contributed by atoms with van der Waals surface area (Å²) >= 11 is 0. The van der Waals surface area contributed by atoms with Gasteiger partial charge in [-0.2, -0.15) is 5.10 Å². The minimum atomic E-state index is -0.302. The predicted molar refractivity (Wildman–Crippen MR) is 97.3 cm³/mol. The van der Waals surface area contributed by atoms with Gasteiger partial charge in [-0.15, -0.1) is 0 Å². The summed E-state index contributed by atoms with van der Waals surface area (Å²) in [6.07, 6.45) is 4.39. The Labute approximate surface area is 151 Å². The van der Waals surface area contributed by atoms with Crippen molar-refractivity contribution in [1.29, 1.82) is 0 Å². The van der Waals surface area contributed by atoms with E-state index in [1.807, 2.05) is 48.7 Å². The van der Waals surface area contributed by atoms with Crippen LogP contribution in [0.25, 0.3) is 0 Å². The molecule has 4 rings (SSSR count). The number of aromatic nitrogens is 1. The van der Waals surface area contributed by atoms with E-state index in [0.29, 0.717) is 6.54 Å². The molecule has 136 valence electrons. The van der Waals surface area contributed by atoms with Gasteiger partial charge in [0.1, 0.15) is 18.7 Å². The smallest absolute Gasteiger partial charge is 0.414 e. The lowest BCUT2D eigenvalue weighted by Gasteiger charge is -2.27. The van der Waals surface area contributed by atoms with Gasteiger partial charge in [0.25, 0.3) is 0 Å². The van der Waals surface area contributed by atoms with Crippen molar-refractivity contribution in [3.63, 3.8) is 0 Å². The van der Waals surface area contributed by atoms with Crippen molar-refractivity contribution < 1.29 is 14.1 Å². The highest BCUT2D eigenvalue weighted by molar-refractivity contribution is 5.90. The van der Waals surface area contributed by atoms with Crippen molar-refractivity contribution in [1.82, 2.24) is 10.2 Å². The van der Waals surface area contributed by atoms with Crippen molar-refractivity contribution in [2.24, 2.45) is 5.10 Å². The number of anilines is 2. The van der Waals surface area contributed by atoms with Gasteiger partial charge in [0.2, 0.25) is 0 Å². The van der Waals surface area contributed by atoms with E-state index in [-0.39, 0.29) is 12.2 Å². The van der Waals surface area contributed by atoms with Gasteiger partial charge >= 0.3 is 6.09 Å². The summed E-state index contributed by atoms with van der Waals surface area (Å²) in [5, 5.41) is 10.1. The lowest BCUT2D eigenvalue weighted by atomic mass is 10.1. The molecule has 0 spiro atoms. The Morgan fingerprint density at radius 1 is 1.15 bits per heavy atom. The second-order valence-corrected chi connectivity index (χ2v) is 6.47. The minimum Gasteiger partial charge on any atom is -0.444 e. The largest absolute Gasteiger partial charge is 0.444 e. The summed E-state index contributed by atoms with van der Waals surface area (Å²) in [4.78, 5) is 16.0. The molecule has 1 atom stereocenters. The highest BCUT2D eigenvalue weighted by Crippen LogP contribution is 2.26. The van der Waals surface area contributed by atoms with E-state index in [2.05, 4.69) is 15.2 Å². The first kappa shape index (κ1) is 16.4. The standard InChI is InChI=1S/C18H21N5O3/c1-21-9-10-22(13-19-21)15-3-5-16(6-4-15)23-12-17(26-18(23)24)7-2-14-8-11-25-20-14/h3-6,8,11,13,17H,2,7,9-10,12H2,1H3/t17-/m0/s1. The van der Waals surface area contributed by atoms with Gasteiger partial charge in [-0.1, -0.05) is 5.16 Å². The van der Waals surface area contributed by atoms with Crippen molar-refractivity contribution >= 4 is 23.8 Å². The van der Waals surface area contributed by atoms with Gasteiger partial charge in [0.05, 0.1) is 18.8 Å². The van der Waals surface area contributed by atoms with Gasteiger partial charge in [0.15, 0.2) is 0 Å². The van der Waals surface area contributed by atoms with E-state index in [0.717, 1.165) is 43.0 Å². The van der Waals surface area contributed by atoms with Crippen LogP contribution in [0.15, 0.2) is 46.2 Å². The Bertz CT molecular complexity index is 775. The molecule has 0 radical (unpaired) electrons. The van der Waals surface area contributed by atoms with Crippen LogP contribution >= 0.6 is 0 Å². The van der Waals surface area contributed by atoms with E-state index >= 15 is 0 Å². The average molecular weight is 355 g/mol. The van der Waals surface area contributed by atoms with Crippen LogP contribution in [0.2, 0.25) is 0 Å². The quantitative estimate of drug-likeness (QED) is 0.819. The molecular formula is C18H21N5O3. The van der Waals surface area contributed by atoms with E-state index < -0.39 is 0 Å². The van der Waals surface area contributed by atoms with Crippen LogP contribution < -0.4 is 9.80 Å². The maximum Gasteiger partial charge on any atom is 0.414 e. The second-order valence-electron chi connectivity index (χ2n) is 6.47. The third kappa shape index (κ3) is 3.49. The highest BCUT2D eigenvalue weighted by Gasteiger charge is 2.32. The van der Waals surface area contributed by atoms with Crippen molar-refractivity contribution in [3.8, 4) is 0 Å². The van der Waals surface area contributed by atoms with Crippen molar-refractivity contribution in [2.75, 3.05) is 36.5 Å². The molecule has 2 aromatic rings. The first-order valence-corrected chi connectivity index (χ1v) is 8.68. The van der Waals surface area contributed by atoms with E-state index in [1.165, 1.54) is 0 Å². The molecule has 0 N–H and O–H groups in total. The van der Waals surface area contributed by atoms with Crippen LogP contribution in [0, 0.1) is 0 Å². The van der Waals surface area contributed by atoms with Crippen LogP contribution in [-0.4, -0.2) is 55.4 Å². The summed E-state index contributed by atoms with van der Waals surface area (Å²) in [6, 6.07) is 9.73. The van der Waals surface area contributed by atoms with Crippen LogP contribution in [0.5, 0.6) is 0 Å². The number of hydrogen-bond donors (Lipinski definition) is 0. The first-order chi connectivity index (χ1) is 12.7. The van der Waals surface area contributed by atoms with Crippen LogP contribution in [0.1, 0.15) is 12.1 Å². The van der Waals surface area contributed by atoms with Gasteiger partial charge in [0, 0.05) is 31.0 Å². The Balaban J connectivity index is 1.38. The van der Waals surface area contributed by atoms with Gasteiger partial charge in [-0.05, 0) is 37.1 Å². The molecule has 3 heterocycles. The predicted octanol–water partition coefficient (Wildman–Crippen LogP) is 2.33. The monoisotopic (exact) mass is 355 g/mol. The highest BCUT2D eigenvalue weighted by atomic mass is 16.6. The third-order valence-electron chi connectivity index (χ3n) is 4.63. The molecule has 0 aliphatic carbocycles. The average Bonchev–Trinajstić information content (AvgIpc) is 3.30. The Morgan fingerprint density at radius 2 is 1.96 bits per heavy atom. The summed E-state index contributed by atoms with van der Waals surface area (Å²) in [7, 11) is 1.95. The maximum atomic E-state index is 12.2. The molecule has 2 aliphatic heterocycles. The zero-order valence-corrected chi connectivity index (χ0v) is 14.6. The molecule has 0 saturated carbocycles. The topological polar surface area (TPSA) is 74.4 Å². The zero-order valence-electron chi connectivity index (χ0n) is 14.6. The molecule has 1 amide bonds. The summed E-state index contributed by atoms with van der Waals surface area (Å²) in [6.45, 7) is 2.31. The molecule has 8 nitrogen and oxygen atoms in total. The number of carbonyl (C=O) groups is 1. The molecule has 0 unspecified atom stereocenters. The summed E-state index contributed by atoms with van der Waals surface area (Å²) < 4.78 is 10.3. The van der Waals surface area contributed by atoms with Gasteiger partial charge in [-0.25, -0.2) is 4.79 Å². The number of amides is 1. The number of carbonyl (C=O) groups excluding carboxylic acids is 1. The van der Waals surface area contributed by atoms with Crippen molar-refractivity contribution in [2.45, 2.75) is 18.9 Å². The third-order valence-corrected chi connectivity index (χ3v) is 4.63. The maximum absolute atomic E-state index is 12.2. The van der Waals surface area contributed by atoms with Gasteiger partial charge < -0.3 is 14.2 Å². The van der Waals surface area contributed by atoms with Gasteiger partial charge in [-0.3, -0.25) is 9.91 Å². The van der Waals surface area contributed by atoms with Crippen LogP contribution in [0.4, 0.5) is 16.2 Å². The molecule has 1 aromatic heterocycles. The second kappa shape index (κ2) is 7.07. The molecule has 0 bridgehead atoms. The number of rotatable bonds is 5. The first-order valence-electron chi connectivity index (χ1n) is 8.68. The number of ether oxygens (including phenoxy) is 1. The van der Waals surface area contributed by atoms with Crippen molar-refractivity contribution in [3.05, 3.63) is 42.3 Å². The Hall–Kier alpha value is -3.03. The Kier molecular flexibility index (Phi) is 4.47. The lowest BCUT2D eigenvalue weighted by Crippen LogP contribution is -2.36. The van der Waals surface area contributed by atoms with E-state index in [4.69, 9.17) is 9.26 Å². The number of likely N-dealkylation sites (N-methyl/N-ethyl adjacent to an activating group) is 1. The summed E-state index contributed by atoms with van der Waals surface area (Å²) in [5.74, 6) is 0. The normalized spacial score (nSPS) is 20.0. The fraction of sp³-hybridized carbons (Fsp3) is 0.389. The van der Waals surface area contributed by atoms with Crippen LogP contribution in [0.3, 0.4) is 0 Å². The number of hydrogen-bond acceptors (Lipinski definition) is 7. The molecule has 8 heteroatoms. The molecule has 1 saturated heterocycles. The summed E-state index contributed by atoms with van der Waals surface area (Å²) in [5.41, 5.74) is 2.77. The SMILES string of the molecule is CN1CCN(c2ccc(N3C[C@H](CCc4ccon4)OC3=O)cc2)C=N1. The lowest BCUT2D eigenvalue weighted by molar-refractivity contribution is 0.136. The number of aryl methyl sites for hydroxylation is 1. The number of nitrogens with zero attached hydrogens (tertiary/aromatic N) is 5. The Morgan fingerprint density at radius 3 is 2.65 bits per heavy atom. The zero-order chi connectivity index (χ0) is 17.9.